The van der Waals surface area contributed by atoms with Gasteiger partial charge in [-0.2, -0.15) is 0 Å². The number of allylic oxidation sites excluding steroid dienone is 1. The molecule has 1 N–H and O–H groups in total. The van der Waals surface area contributed by atoms with Crippen LogP contribution in [0.2, 0.25) is 0 Å². The molecule has 0 atom stereocenters. The number of fused-ring (bicyclic) bond motifs is 3. The molecule has 0 bridgehead atoms. The summed E-state index contributed by atoms with van der Waals surface area (Å²) in [6.45, 7) is 4.09. The van der Waals surface area contributed by atoms with E-state index in [-0.39, 0.29) is 0 Å². The molecule has 3 aromatic rings. The third kappa shape index (κ3) is 1.11. The highest BCUT2D eigenvalue weighted by atomic mass is 15.1. The number of para-hydroxylation sites is 2. The monoisotopic (exact) mass is 211 g/mol. The van der Waals surface area contributed by atoms with Gasteiger partial charge >= 0.3 is 0 Å². The Morgan fingerprint density at radius 3 is 2.94 bits per heavy atom. The van der Waals surface area contributed by atoms with E-state index in [2.05, 4.69) is 33.4 Å². The van der Waals surface area contributed by atoms with Crippen molar-refractivity contribution in [2.45, 2.75) is 13.8 Å². The highest BCUT2D eigenvalue weighted by molar-refractivity contribution is 5.81. The predicted molar refractivity (Wildman–Crippen MR) is 66.5 cm³/mol. The summed E-state index contributed by atoms with van der Waals surface area (Å²) in [4.78, 5) is 7.85. The normalized spacial score (nSPS) is 12.1. The van der Waals surface area contributed by atoms with Gasteiger partial charge in [0.1, 0.15) is 0 Å². The fourth-order valence-corrected chi connectivity index (χ4v) is 2.11. The second-order valence-corrected chi connectivity index (χ2v) is 3.89. The van der Waals surface area contributed by atoms with Gasteiger partial charge in [0.25, 0.3) is 0 Å². The Kier molecular flexibility index (Phi) is 1.86. The third-order valence-electron chi connectivity index (χ3n) is 2.81. The van der Waals surface area contributed by atoms with Crippen LogP contribution in [0.3, 0.4) is 0 Å². The molecule has 0 amide bonds. The van der Waals surface area contributed by atoms with Crippen molar-refractivity contribution in [3.05, 3.63) is 41.7 Å². The summed E-state index contributed by atoms with van der Waals surface area (Å²) in [5.41, 5.74) is 4.49. The number of aromatic nitrogens is 3. The zero-order valence-electron chi connectivity index (χ0n) is 9.36. The standard InChI is InChI=1S/C13H13N3/c1-3-6-11-9(2)14-13-15-10-7-4-5-8-12(10)16(11)13/h3-8H,1-2H3,(H,14,15)/b6-3-. The Hall–Kier alpha value is -2.03. The molecule has 0 aliphatic rings. The number of nitrogens with zero attached hydrogens (tertiary/aromatic N) is 2. The van der Waals surface area contributed by atoms with Crippen LogP contribution in [-0.2, 0) is 0 Å². The van der Waals surface area contributed by atoms with Gasteiger partial charge in [-0.3, -0.25) is 4.40 Å². The maximum absolute atomic E-state index is 4.55. The Morgan fingerprint density at radius 2 is 2.12 bits per heavy atom. The summed E-state index contributed by atoms with van der Waals surface area (Å²) in [5.74, 6) is 0.909. The number of aromatic amines is 1. The Bertz CT molecular complexity index is 686. The molecule has 16 heavy (non-hydrogen) atoms. The highest BCUT2D eigenvalue weighted by Gasteiger charge is 2.10. The van der Waals surface area contributed by atoms with Crippen LogP contribution in [0, 0.1) is 6.92 Å². The van der Waals surface area contributed by atoms with Crippen LogP contribution in [0.4, 0.5) is 0 Å². The zero-order valence-corrected chi connectivity index (χ0v) is 9.36. The van der Waals surface area contributed by atoms with Crippen molar-refractivity contribution in [2.24, 2.45) is 0 Å². The molecule has 0 aliphatic heterocycles. The van der Waals surface area contributed by atoms with E-state index in [4.69, 9.17) is 0 Å². The van der Waals surface area contributed by atoms with E-state index in [1.807, 2.05) is 31.2 Å². The largest absolute Gasteiger partial charge is 0.327 e. The third-order valence-corrected chi connectivity index (χ3v) is 2.81. The minimum absolute atomic E-state index is 0.909. The van der Waals surface area contributed by atoms with Crippen LogP contribution in [0.5, 0.6) is 0 Å². The van der Waals surface area contributed by atoms with Crippen LogP contribution in [0.1, 0.15) is 18.3 Å². The number of hydrogen-bond donors (Lipinski definition) is 1. The van der Waals surface area contributed by atoms with Gasteiger partial charge in [0.05, 0.1) is 16.7 Å². The maximum Gasteiger partial charge on any atom is 0.213 e. The lowest BCUT2D eigenvalue weighted by Gasteiger charge is -1.95. The van der Waals surface area contributed by atoms with Gasteiger partial charge in [-0.15, -0.1) is 0 Å². The van der Waals surface area contributed by atoms with Crippen molar-refractivity contribution in [2.75, 3.05) is 0 Å². The van der Waals surface area contributed by atoms with E-state index in [0.717, 1.165) is 22.5 Å². The summed E-state index contributed by atoms with van der Waals surface area (Å²) in [6, 6.07) is 8.18. The highest BCUT2D eigenvalue weighted by Crippen LogP contribution is 2.21. The van der Waals surface area contributed by atoms with Gasteiger partial charge in [-0.1, -0.05) is 18.2 Å². The van der Waals surface area contributed by atoms with Crippen molar-refractivity contribution >= 4 is 22.9 Å². The summed E-state index contributed by atoms with van der Waals surface area (Å²) >= 11 is 0. The molecule has 0 unspecified atom stereocenters. The number of H-pyrrole nitrogens is 1. The molecule has 2 aromatic heterocycles. The fraction of sp³-hybridized carbons (Fsp3) is 0.154. The first-order valence-electron chi connectivity index (χ1n) is 5.39. The summed E-state index contributed by atoms with van der Waals surface area (Å²) in [5, 5.41) is 0. The van der Waals surface area contributed by atoms with Crippen LogP contribution in [0.15, 0.2) is 30.3 Å². The first kappa shape index (κ1) is 9.21. The molecule has 0 aliphatic carbocycles. The molecule has 0 saturated heterocycles. The quantitative estimate of drug-likeness (QED) is 0.659. The smallest absolute Gasteiger partial charge is 0.213 e. The van der Waals surface area contributed by atoms with E-state index in [1.54, 1.807) is 0 Å². The molecule has 0 spiro atoms. The lowest BCUT2D eigenvalue weighted by Crippen LogP contribution is -1.85. The zero-order chi connectivity index (χ0) is 11.1. The lowest BCUT2D eigenvalue weighted by atomic mass is 10.3. The Labute approximate surface area is 93.4 Å². The summed E-state index contributed by atoms with van der Waals surface area (Å²) in [6.07, 6.45) is 4.15. The molecule has 3 heteroatoms. The molecule has 0 fully saturated rings. The van der Waals surface area contributed by atoms with Crippen LogP contribution < -0.4 is 0 Å². The average molecular weight is 211 g/mol. The second-order valence-electron chi connectivity index (χ2n) is 3.89. The Balaban J connectivity index is 2.51. The molecule has 80 valence electrons. The Morgan fingerprint density at radius 1 is 1.31 bits per heavy atom. The number of rotatable bonds is 1. The van der Waals surface area contributed by atoms with Gasteiger partial charge < -0.3 is 4.98 Å². The van der Waals surface area contributed by atoms with Gasteiger partial charge in [-0.25, -0.2) is 4.98 Å². The van der Waals surface area contributed by atoms with Gasteiger partial charge in [-0.05, 0) is 32.1 Å². The molecule has 3 nitrogen and oxygen atoms in total. The molecule has 2 heterocycles. The second kappa shape index (κ2) is 3.23. The first-order valence-corrected chi connectivity index (χ1v) is 5.39. The van der Waals surface area contributed by atoms with Gasteiger partial charge in [0.2, 0.25) is 5.78 Å². The SMILES string of the molecule is C/C=C\c1c(C)[nH]c2nc3ccccc3n12. The molecule has 1 aromatic carbocycles. The topological polar surface area (TPSA) is 33.1 Å². The van der Waals surface area contributed by atoms with E-state index in [1.165, 1.54) is 5.69 Å². The summed E-state index contributed by atoms with van der Waals surface area (Å²) in [7, 11) is 0. The molecular formula is C13H13N3. The van der Waals surface area contributed by atoms with Crippen molar-refractivity contribution < 1.29 is 0 Å². The van der Waals surface area contributed by atoms with Crippen LogP contribution in [0.25, 0.3) is 22.9 Å². The molecule has 3 rings (SSSR count). The molecular weight excluding hydrogens is 198 g/mol. The van der Waals surface area contributed by atoms with Gasteiger partial charge in [0.15, 0.2) is 0 Å². The lowest BCUT2D eigenvalue weighted by molar-refractivity contribution is 1.23. The fourth-order valence-electron chi connectivity index (χ4n) is 2.11. The number of benzene rings is 1. The number of nitrogens with one attached hydrogen (secondary N) is 1. The molecule has 0 radical (unpaired) electrons. The van der Waals surface area contributed by atoms with E-state index >= 15 is 0 Å². The van der Waals surface area contributed by atoms with Crippen LogP contribution in [-0.4, -0.2) is 14.4 Å². The minimum atomic E-state index is 0.909. The van der Waals surface area contributed by atoms with Gasteiger partial charge in [0, 0.05) is 5.69 Å². The number of hydrogen-bond acceptors (Lipinski definition) is 1. The van der Waals surface area contributed by atoms with E-state index < -0.39 is 0 Å². The first-order chi connectivity index (χ1) is 7.81. The number of imidazole rings is 2. The van der Waals surface area contributed by atoms with Crippen molar-refractivity contribution in [1.29, 1.82) is 0 Å². The number of aryl methyl sites for hydroxylation is 1. The van der Waals surface area contributed by atoms with Crippen molar-refractivity contribution in [3.63, 3.8) is 0 Å². The van der Waals surface area contributed by atoms with E-state index in [0.29, 0.717) is 0 Å². The van der Waals surface area contributed by atoms with Crippen molar-refractivity contribution in [1.82, 2.24) is 14.4 Å². The van der Waals surface area contributed by atoms with Crippen LogP contribution >= 0.6 is 0 Å². The maximum atomic E-state index is 4.55. The van der Waals surface area contributed by atoms with E-state index in [9.17, 15) is 0 Å². The average Bonchev–Trinajstić information content (AvgIpc) is 2.76. The minimum Gasteiger partial charge on any atom is -0.327 e. The predicted octanol–water partition coefficient (Wildman–Crippen LogP) is 3.16. The molecule has 0 saturated carbocycles. The van der Waals surface area contributed by atoms with Crippen molar-refractivity contribution in [3.8, 4) is 0 Å². The summed E-state index contributed by atoms with van der Waals surface area (Å²) < 4.78 is 2.16.